The molecule has 0 aliphatic heterocycles. The lowest BCUT2D eigenvalue weighted by atomic mass is 10.3. The van der Waals surface area contributed by atoms with E-state index in [2.05, 4.69) is 15.0 Å². The largest absolute Gasteiger partial charge is 0.453 e. The van der Waals surface area contributed by atoms with Gasteiger partial charge < -0.3 is 4.74 Å². The molecule has 0 aromatic heterocycles. The number of ether oxygens (including phenoxy) is 1. The number of para-hydroxylation sites is 2. The Morgan fingerprint density at radius 3 is 2.86 bits per heavy atom. The van der Waals surface area contributed by atoms with Crippen molar-refractivity contribution in [1.82, 2.24) is 0 Å². The molecule has 0 saturated heterocycles. The van der Waals surface area contributed by atoms with Gasteiger partial charge in [-0.2, -0.15) is 4.99 Å². The van der Waals surface area contributed by atoms with Gasteiger partial charge in [0.1, 0.15) is 0 Å². The summed E-state index contributed by atoms with van der Waals surface area (Å²) in [6.07, 6.45) is 0.786. The van der Waals surface area contributed by atoms with Gasteiger partial charge in [-0.25, -0.2) is 9.59 Å². The summed E-state index contributed by atoms with van der Waals surface area (Å²) >= 11 is 0. The van der Waals surface area contributed by atoms with E-state index < -0.39 is 6.09 Å². The van der Waals surface area contributed by atoms with Crippen LogP contribution in [0, 0.1) is 0 Å². The molecule has 1 N–H and O–H groups in total. The molecular formula is C9H8N2O3. The van der Waals surface area contributed by atoms with Gasteiger partial charge in [-0.05, 0) is 12.1 Å². The molecule has 0 bridgehead atoms. The quantitative estimate of drug-likeness (QED) is 0.574. The average Bonchev–Trinajstić information content (AvgIpc) is 2.21. The number of carbonyl (C=O) groups is 1. The number of amides is 1. The SMILES string of the molecule is COC(=O)Nc1ccccc1N=C=O. The lowest BCUT2D eigenvalue weighted by molar-refractivity contribution is 0.187. The summed E-state index contributed by atoms with van der Waals surface area (Å²) < 4.78 is 4.40. The molecule has 1 aromatic rings. The topological polar surface area (TPSA) is 67.8 Å². The zero-order valence-corrected chi connectivity index (χ0v) is 7.48. The maximum Gasteiger partial charge on any atom is 0.411 e. The second-order valence-corrected chi connectivity index (χ2v) is 2.34. The van der Waals surface area contributed by atoms with Gasteiger partial charge in [0, 0.05) is 0 Å². The third-order valence-corrected chi connectivity index (χ3v) is 1.49. The van der Waals surface area contributed by atoms with Crippen molar-refractivity contribution in [3.05, 3.63) is 24.3 Å². The highest BCUT2D eigenvalue weighted by atomic mass is 16.5. The summed E-state index contributed by atoms with van der Waals surface area (Å²) in [5, 5.41) is 2.41. The second kappa shape index (κ2) is 4.79. The second-order valence-electron chi connectivity index (χ2n) is 2.34. The summed E-state index contributed by atoms with van der Waals surface area (Å²) in [4.78, 5) is 24.3. The molecule has 1 rings (SSSR count). The van der Waals surface area contributed by atoms with E-state index in [1.807, 2.05) is 0 Å². The Morgan fingerprint density at radius 1 is 1.50 bits per heavy atom. The van der Waals surface area contributed by atoms with Crippen molar-refractivity contribution in [2.75, 3.05) is 12.4 Å². The molecule has 0 fully saturated rings. The number of isocyanates is 1. The number of hydrogen-bond acceptors (Lipinski definition) is 4. The highest BCUT2D eigenvalue weighted by Crippen LogP contribution is 2.23. The lowest BCUT2D eigenvalue weighted by Gasteiger charge is -2.04. The first-order valence-electron chi connectivity index (χ1n) is 3.80. The fourth-order valence-corrected chi connectivity index (χ4v) is 0.887. The predicted molar refractivity (Wildman–Crippen MR) is 50.3 cm³/mol. The van der Waals surface area contributed by atoms with E-state index in [0.717, 1.165) is 0 Å². The minimum atomic E-state index is -0.612. The molecule has 0 radical (unpaired) electrons. The molecule has 0 atom stereocenters. The number of carbonyl (C=O) groups excluding carboxylic acids is 2. The van der Waals surface area contributed by atoms with Crippen molar-refractivity contribution in [2.45, 2.75) is 0 Å². The van der Waals surface area contributed by atoms with Crippen LogP contribution in [-0.4, -0.2) is 19.3 Å². The molecule has 5 nitrogen and oxygen atoms in total. The zero-order valence-electron chi connectivity index (χ0n) is 7.48. The number of rotatable bonds is 2. The highest BCUT2D eigenvalue weighted by Gasteiger charge is 2.04. The van der Waals surface area contributed by atoms with Crippen LogP contribution in [0.15, 0.2) is 29.3 Å². The third-order valence-electron chi connectivity index (χ3n) is 1.49. The number of methoxy groups -OCH3 is 1. The van der Waals surface area contributed by atoms with Crippen molar-refractivity contribution >= 4 is 23.5 Å². The van der Waals surface area contributed by atoms with Crippen LogP contribution in [0.1, 0.15) is 0 Å². The summed E-state index contributed by atoms with van der Waals surface area (Å²) in [6, 6.07) is 6.58. The van der Waals surface area contributed by atoms with Gasteiger partial charge in [-0.15, -0.1) is 0 Å². The molecule has 0 saturated carbocycles. The van der Waals surface area contributed by atoms with Crippen molar-refractivity contribution in [2.24, 2.45) is 4.99 Å². The van der Waals surface area contributed by atoms with E-state index in [0.29, 0.717) is 11.4 Å². The lowest BCUT2D eigenvalue weighted by Crippen LogP contribution is -2.10. The molecule has 72 valence electrons. The maximum absolute atomic E-state index is 10.9. The van der Waals surface area contributed by atoms with E-state index in [1.165, 1.54) is 13.2 Å². The van der Waals surface area contributed by atoms with Crippen molar-refractivity contribution in [3.63, 3.8) is 0 Å². The van der Waals surface area contributed by atoms with E-state index in [4.69, 9.17) is 0 Å². The van der Waals surface area contributed by atoms with Crippen molar-refractivity contribution in [3.8, 4) is 0 Å². The van der Waals surface area contributed by atoms with Crippen LogP contribution in [0.3, 0.4) is 0 Å². The monoisotopic (exact) mass is 192 g/mol. The van der Waals surface area contributed by atoms with Crippen LogP contribution in [0.25, 0.3) is 0 Å². The van der Waals surface area contributed by atoms with Gasteiger partial charge >= 0.3 is 6.09 Å². The smallest absolute Gasteiger partial charge is 0.411 e. The molecule has 0 aliphatic rings. The van der Waals surface area contributed by atoms with Gasteiger partial charge in [-0.1, -0.05) is 12.1 Å². The molecule has 0 heterocycles. The van der Waals surface area contributed by atoms with Gasteiger partial charge in [0.2, 0.25) is 6.08 Å². The molecular weight excluding hydrogens is 184 g/mol. The first kappa shape index (κ1) is 9.95. The zero-order chi connectivity index (χ0) is 10.4. The molecule has 0 unspecified atom stereocenters. The Kier molecular flexibility index (Phi) is 3.41. The van der Waals surface area contributed by atoms with Gasteiger partial charge in [0.15, 0.2) is 0 Å². The highest BCUT2D eigenvalue weighted by molar-refractivity contribution is 5.88. The molecule has 14 heavy (non-hydrogen) atoms. The summed E-state index contributed by atoms with van der Waals surface area (Å²) in [5.41, 5.74) is 0.746. The first-order chi connectivity index (χ1) is 6.77. The molecule has 0 spiro atoms. The maximum atomic E-state index is 10.9. The standard InChI is InChI=1S/C9H8N2O3/c1-14-9(13)11-8-5-3-2-4-7(8)10-6-12/h2-5H,1H3,(H,11,13). The molecule has 1 amide bonds. The fourth-order valence-electron chi connectivity index (χ4n) is 0.887. The molecule has 1 aromatic carbocycles. The van der Waals surface area contributed by atoms with Gasteiger partial charge in [0.25, 0.3) is 0 Å². The van der Waals surface area contributed by atoms with Crippen LogP contribution < -0.4 is 5.32 Å². The van der Waals surface area contributed by atoms with E-state index in [-0.39, 0.29) is 0 Å². The van der Waals surface area contributed by atoms with Crippen LogP contribution in [0.4, 0.5) is 16.2 Å². The predicted octanol–water partition coefficient (Wildman–Crippen LogP) is 1.83. The normalized spacial score (nSPS) is 8.64. The number of anilines is 1. The number of nitrogens with zero attached hydrogens (tertiary/aromatic N) is 1. The average molecular weight is 192 g/mol. The van der Waals surface area contributed by atoms with Crippen LogP contribution >= 0.6 is 0 Å². The van der Waals surface area contributed by atoms with Crippen molar-refractivity contribution in [1.29, 1.82) is 0 Å². The Balaban J connectivity index is 2.95. The summed E-state index contributed by atoms with van der Waals surface area (Å²) in [5.74, 6) is 0. The fraction of sp³-hybridized carbons (Fsp3) is 0.111. The first-order valence-corrected chi connectivity index (χ1v) is 3.80. The summed E-state index contributed by atoms with van der Waals surface area (Å²) in [7, 11) is 1.25. The van der Waals surface area contributed by atoms with Crippen LogP contribution in [-0.2, 0) is 9.53 Å². The Labute approximate surface area is 80.4 Å². The number of benzene rings is 1. The molecule has 0 aliphatic carbocycles. The number of hydrogen-bond donors (Lipinski definition) is 1. The van der Waals surface area contributed by atoms with Crippen LogP contribution in [0.2, 0.25) is 0 Å². The molecule has 5 heteroatoms. The number of aliphatic imine (C=N–C) groups is 1. The van der Waals surface area contributed by atoms with E-state index in [1.54, 1.807) is 24.3 Å². The third kappa shape index (κ3) is 2.43. The Hall–Kier alpha value is -2.13. The van der Waals surface area contributed by atoms with E-state index >= 15 is 0 Å². The minimum Gasteiger partial charge on any atom is -0.453 e. The van der Waals surface area contributed by atoms with Crippen molar-refractivity contribution < 1.29 is 14.3 Å². The van der Waals surface area contributed by atoms with Gasteiger partial charge in [-0.3, -0.25) is 5.32 Å². The number of nitrogens with one attached hydrogen (secondary N) is 1. The Bertz CT molecular complexity index is 383. The minimum absolute atomic E-state index is 0.341. The van der Waals surface area contributed by atoms with Gasteiger partial charge in [0.05, 0.1) is 18.5 Å². The Morgan fingerprint density at radius 2 is 2.21 bits per heavy atom. The summed E-state index contributed by atoms with van der Waals surface area (Å²) in [6.45, 7) is 0. The van der Waals surface area contributed by atoms with E-state index in [9.17, 15) is 9.59 Å². The van der Waals surface area contributed by atoms with Crippen LogP contribution in [0.5, 0.6) is 0 Å².